The summed E-state index contributed by atoms with van der Waals surface area (Å²) in [5.74, 6) is 0.0935. The summed E-state index contributed by atoms with van der Waals surface area (Å²) in [7, 11) is 0. The van der Waals surface area contributed by atoms with Gasteiger partial charge in [0.1, 0.15) is 11.8 Å². The van der Waals surface area contributed by atoms with Gasteiger partial charge in [-0.1, -0.05) is 53.7 Å². The first kappa shape index (κ1) is 10.4. The van der Waals surface area contributed by atoms with Gasteiger partial charge in [-0.3, -0.25) is 0 Å². The number of rotatable bonds is 3. The molecule has 80 valence electrons. The molecule has 0 heterocycles. The van der Waals surface area contributed by atoms with Crippen molar-refractivity contribution in [3.8, 4) is 5.75 Å². The molecule has 0 spiro atoms. The average molecular weight is 213 g/mol. The SMILES string of the molecule is O=NC(c1ccccc1)c1ccccc1O. The highest BCUT2D eigenvalue weighted by Gasteiger charge is 2.17. The molecule has 1 N–H and O–H groups in total. The Hall–Kier alpha value is -2.16. The molecular weight excluding hydrogens is 202 g/mol. The van der Waals surface area contributed by atoms with E-state index in [-0.39, 0.29) is 5.75 Å². The summed E-state index contributed by atoms with van der Waals surface area (Å²) in [6.45, 7) is 0. The summed E-state index contributed by atoms with van der Waals surface area (Å²) in [4.78, 5) is 10.9. The van der Waals surface area contributed by atoms with E-state index in [1.54, 1.807) is 24.3 Å². The number of aromatic hydroxyl groups is 1. The Morgan fingerprint density at radius 2 is 1.56 bits per heavy atom. The van der Waals surface area contributed by atoms with Crippen LogP contribution in [0.2, 0.25) is 0 Å². The molecule has 0 saturated heterocycles. The molecular formula is C13H11NO2. The second-order valence-corrected chi connectivity index (χ2v) is 3.48. The maximum atomic E-state index is 10.9. The summed E-state index contributed by atoms with van der Waals surface area (Å²) in [6.07, 6.45) is 0. The van der Waals surface area contributed by atoms with E-state index >= 15 is 0 Å². The quantitative estimate of drug-likeness (QED) is 0.795. The molecule has 0 aliphatic rings. The fraction of sp³-hybridized carbons (Fsp3) is 0.0769. The van der Waals surface area contributed by atoms with E-state index in [1.807, 2.05) is 30.3 Å². The minimum absolute atomic E-state index is 0.0935. The van der Waals surface area contributed by atoms with Gasteiger partial charge in [-0.15, -0.1) is 4.91 Å². The summed E-state index contributed by atoms with van der Waals surface area (Å²) in [5.41, 5.74) is 1.31. The number of hydrogen-bond donors (Lipinski definition) is 1. The molecule has 3 heteroatoms. The van der Waals surface area contributed by atoms with Crippen LogP contribution in [0.3, 0.4) is 0 Å². The van der Waals surface area contributed by atoms with Crippen LogP contribution in [0.4, 0.5) is 0 Å². The van der Waals surface area contributed by atoms with Crippen molar-refractivity contribution in [3.05, 3.63) is 70.6 Å². The van der Waals surface area contributed by atoms with Crippen molar-refractivity contribution < 1.29 is 5.11 Å². The lowest BCUT2D eigenvalue weighted by atomic mass is 9.99. The largest absolute Gasteiger partial charge is 0.508 e. The number of phenolic OH excluding ortho intramolecular Hbond substituents is 1. The van der Waals surface area contributed by atoms with Crippen molar-refractivity contribution in [2.24, 2.45) is 5.18 Å². The first-order chi connectivity index (χ1) is 7.83. The van der Waals surface area contributed by atoms with Crippen molar-refractivity contribution in [2.45, 2.75) is 6.04 Å². The van der Waals surface area contributed by atoms with Crippen LogP contribution in [0, 0.1) is 4.91 Å². The Morgan fingerprint density at radius 3 is 2.19 bits per heavy atom. The van der Waals surface area contributed by atoms with Gasteiger partial charge in [-0.2, -0.15) is 0 Å². The van der Waals surface area contributed by atoms with Gasteiger partial charge in [0, 0.05) is 5.56 Å². The Morgan fingerprint density at radius 1 is 0.938 bits per heavy atom. The highest BCUT2D eigenvalue weighted by Crippen LogP contribution is 2.31. The Kier molecular flexibility index (Phi) is 2.96. The highest BCUT2D eigenvalue weighted by atomic mass is 16.3. The minimum atomic E-state index is -0.651. The molecule has 0 amide bonds. The van der Waals surface area contributed by atoms with Crippen molar-refractivity contribution >= 4 is 0 Å². The number of nitroso groups, excluding NO2 is 1. The minimum Gasteiger partial charge on any atom is -0.508 e. The Bertz CT molecular complexity index is 482. The van der Waals surface area contributed by atoms with E-state index in [4.69, 9.17) is 0 Å². The number of phenols is 1. The van der Waals surface area contributed by atoms with Crippen molar-refractivity contribution in [1.82, 2.24) is 0 Å². The monoisotopic (exact) mass is 213 g/mol. The maximum absolute atomic E-state index is 10.9. The van der Waals surface area contributed by atoms with Crippen LogP contribution in [0.5, 0.6) is 5.75 Å². The molecule has 2 aromatic rings. The number of para-hydroxylation sites is 1. The van der Waals surface area contributed by atoms with Gasteiger partial charge in [0.05, 0.1) is 0 Å². The Labute approximate surface area is 93.3 Å². The predicted molar refractivity (Wildman–Crippen MR) is 62.2 cm³/mol. The zero-order valence-electron chi connectivity index (χ0n) is 8.58. The third kappa shape index (κ3) is 1.93. The normalized spacial score (nSPS) is 12.0. The third-order valence-electron chi connectivity index (χ3n) is 2.45. The van der Waals surface area contributed by atoms with Crippen LogP contribution in [0.1, 0.15) is 17.2 Å². The van der Waals surface area contributed by atoms with E-state index < -0.39 is 6.04 Å². The zero-order chi connectivity index (χ0) is 11.4. The molecule has 0 bridgehead atoms. The molecule has 0 aromatic heterocycles. The van der Waals surface area contributed by atoms with Crippen LogP contribution in [-0.2, 0) is 0 Å². The van der Waals surface area contributed by atoms with Gasteiger partial charge in [-0.25, -0.2) is 0 Å². The maximum Gasteiger partial charge on any atom is 0.145 e. The zero-order valence-corrected chi connectivity index (χ0v) is 8.58. The number of hydrogen-bond acceptors (Lipinski definition) is 3. The molecule has 1 atom stereocenters. The van der Waals surface area contributed by atoms with Crippen LogP contribution in [0.15, 0.2) is 59.8 Å². The van der Waals surface area contributed by atoms with Crippen LogP contribution >= 0.6 is 0 Å². The van der Waals surface area contributed by atoms with Crippen molar-refractivity contribution in [3.63, 3.8) is 0 Å². The molecule has 2 aromatic carbocycles. The third-order valence-corrected chi connectivity index (χ3v) is 2.45. The molecule has 16 heavy (non-hydrogen) atoms. The van der Waals surface area contributed by atoms with Gasteiger partial charge >= 0.3 is 0 Å². The molecule has 0 saturated carbocycles. The van der Waals surface area contributed by atoms with Crippen molar-refractivity contribution in [1.29, 1.82) is 0 Å². The van der Waals surface area contributed by atoms with E-state index in [0.717, 1.165) is 5.56 Å². The number of benzene rings is 2. The fourth-order valence-electron chi connectivity index (χ4n) is 1.65. The molecule has 0 fully saturated rings. The highest BCUT2D eigenvalue weighted by molar-refractivity contribution is 5.40. The van der Waals surface area contributed by atoms with Crippen LogP contribution in [0.25, 0.3) is 0 Å². The second-order valence-electron chi connectivity index (χ2n) is 3.48. The lowest BCUT2D eigenvalue weighted by molar-refractivity contribution is 0.465. The van der Waals surface area contributed by atoms with E-state index in [9.17, 15) is 10.0 Å². The van der Waals surface area contributed by atoms with E-state index in [1.165, 1.54) is 0 Å². The smallest absolute Gasteiger partial charge is 0.145 e. The predicted octanol–water partition coefficient (Wildman–Crippen LogP) is 3.25. The van der Waals surface area contributed by atoms with Gasteiger partial charge in [0.2, 0.25) is 0 Å². The lowest BCUT2D eigenvalue weighted by Gasteiger charge is -2.10. The summed E-state index contributed by atoms with van der Waals surface area (Å²) < 4.78 is 0. The number of nitrogens with zero attached hydrogens (tertiary/aromatic N) is 1. The molecule has 0 aliphatic heterocycles. The van der Waals surface area contributed by atoms with Crippen molar-refractivity contribution in [2.75, 3.05) is 0 Å². The summed E-state index contributed by atoms with van der Waals surface area (Å²) >= 11 is 0. The lowest BCUT2D eigenvalue weighted by Crippen LogP contribution is -1.97. The Balaban J connectivity index is 2.45. The van der Waals surface area contributed by atoms with Crippen LogP contribution < -0.4 is 0 Å². The molecule has 0 aliphatic carbocycles. The fourth-order valence-corrected chi connectivity index (χ4v) is 1.65. The molecule has 2 rings (SSSR count). The van der Waals surface area contributed by atoms with Gasteiger partial charge in [-0.05, 0) is 11.6 Å². The topological polar surface area (TPSA) is 49.7 Å². The van der Waals surface area contributed by atoms with Gasteiger partial charge in [0.15, 0.2) is 0 Å². The molecule has 3 nitrogen and oxygen atoms in total. The van der Waals surface area contributed by atoms with Gasteiger partial charge in [0.25, 0.3) is 0 Å². The molecule has 0 radical (unpaired) electrons. The van der Waals surface area contributed by atoms with E-state index in [0.29, 0.717) is 5.56 Å². The standard InChI is InChI=1S/C13H11NO2/c15-12-9-5-4-8-11(12)13(14-16)10-6-2-1-3-7-10/h1-9,13,15H. The summed E-state index contributed by atoms with van der Waals surface area (Å²) in [5, 5.41) is 12.8. The summed E-state index contributed by atoms with van der Waals surface area (Å²) in [6, 6.07) is 15.3. The van der Waals surface area contributed by atoms with Gasteiger partial charge < -0.3 is 5.11 Å². The van der Waals surface area contributed by atoms with Crippen LogP contribution in [-0.4, -0.2) is 5.11 Å². The van der Waals surface area contributed by atoms with E-state index in [2.05, 4.69) is 5.18 Å². The second kappa shape index (κ2) is 4.57. The average Bonchev–Trinajstić information content (AvgIpc) is 2.34. The first-order valence-corrected chi connectivity index (χ1v) is 4.98. The first-order valence-electron chi connectivity index (χ1n) is 4.98. The molecule has 1 unspecified atom stereocenters.